The molecule has 1 unspecified atom stereocenters. The average Bonchev–Trinajstić information content (AvgIpc) is 3.26. The van der Waals surface area contributed by atoms with Crippen molar-refractivity contribution in [2.24, 2.45) is 7.05 Å². The van der Waals surface area contributed by atoms with Crippen molar-refractivity contribution in [1.82, 2.24) is 9.55 Å². The number of rotatable bonds is 7. The molecule has 25 heavy (non-hydrogen) atoms. The van der Waals surface area contributed by atoms with Crippen molar-refractivity contribution >= 4 is 17.4 Å². The lowest BCUT2D eigenvalue weighted by Gasteiger charge is -2.10. The summed E-state index contributed by atoms with van der Waals surface area (Å²) in [5.74, 6) is -0.0224. The van der Waals surface area contributed by atoms with Crippen LogP contribution in [0.2, 0.25) is 0 Å². The van der Waals surface area contributed by atoms with E-state index in [2.05, 4.69) is 10.3 Å². The maximum Gasteiger partial charge on any atom is 0.250 e. The number of benzene rings is 1. The number of aryl methyl sites for hydroxylation is 1. The van der Waals surface area contributed by atoms with E-state index in [1.807, 2.05) is 0 Å². The number of hydrogen-bond acceptors (Lipinski definition) is 5. The van der Waals surface area contributed by atoms with Gasteiger partial charge in [-0.2, -0.15) is 0 Å². The van der Waals surface area contributed by atoms with Gasteiger partial charge in [-0.15, -0.1) is 0 Å². The van der Waals surface area contributed by atoms with Gasteiger partial charge in [0.05, 0.1) is 12.7 Å². The normalized spacial score (nSPS) is 16.8. The van der Waals surface area contributed by atoms with Gasteiger partial charge in [0, 0.05) is 37.3 Å². The summed E-state index contributed by atoms with van der Waals surface area (Å²) in [5, 5.41) is 2.74. The maximum atomic E-state index is 12.3. The third kappa shape index (κ3) is 4.52. The minimum Gasteiger partial charge on any atom is -0.376 e. The second kappa shape index (κ2) is 8.04. The van der Waals surface area contributed by atoms with Crippen molar-refractivity contribution in [2.75, 3.05) is 25.1 Å². The molecule has 0 radical (unpaired) electrons. The van der Waals surface area contributed by atoms with Crippen LogP contribution in [0.15, 0.2) is 36.7 Å². The first kappa shape index (κ1) is 17.3. The average molecular weight is 343 g/mol. The first-order chi connectivity index (χ1) is 12.1. The van der Waals surface area contributed by atoms with E-state index in [0.29, 0.717) is 23.7 Å². The second-order valence-corrected chi connectivity index (χ2v) is 5.97. The van der Waals surface area contributed by atoms with E-state index in [-0.39, 0.29) is 24.4 Å². The summed E-state index contributed by atoms with van der Waals surface area (Å²) in [6.45, 7) is 1.18. The standard InChI is InChI=1S/C18H21N3O4/c1-21-9-8-19-18(21)17(23)13-4-6-14(7-5-13)20-16(22)12-24-11-15-3-2-10-25-15/h4-9,15H,2-3,10-12H2,1H3,(H,20,22). The zero-order valence-electron chi connectivity index (χ0n) is 14.1. The van der Waals surface area contributed by atoms with Gasteiger partial charge in [-0.05, 0) is 37.1 Å². The van der Waals surface area contributed by atoms with Crippen LogP contribution in [0.4, 0.5) is 5.69 Å². The summed E-state index contributed by atoms with van der Waals surface area (Å²) < 4.78 is 12.5. The number of nitrogens with one attached hydrogen (secondary N) is 1. The molecule has 1 saturated heterocycles. The second-order valence-electron chi connectivity index (χ2n) is 5.97. The largest absolute Gasteiger partial charge is 0.376 e. The molecule has 1 aliphatic rings. The zero-order chi connectivity index (χ0) is 17.6. The van der Waals surface area contributed by atoms with Crippen molar-refractivity contribution in [3.05, 3.63) is 48.0 Å². The summed E-state index contributed by atoms with van der Waals surface area (Å²) in [6.07, 6.45) is 5.43. The molecule has 1 N–H and O–H groups in total. The van der Waals surface area contributed by atoms with E-state index in [4.69, 9.17) is 9.47 Å². The molecular weight excluding hydrogens is 322 g/mol. The summed E-state index contributed by atoms with van der Waals surface area (Å²) in [4.78, 5) is 28.3. The van der Waals surface area contributed by atoms with Crippen LogP contribution < -0.4 is 5.32 Å². The van der Waals surface area contributed by atoms with Gasteiger partial charge in [0.15, 0.2) is 5.82 Å². The topological polar surface area (TPSA) is 82.5 Å². The molecule has 0 saturated carbocycles. The Kier molecular flexibility index (Phi) is 5.57. The number of imidazole rings is 1. The molecule has 1 amide bonds. The number of ether oxygens (including phenoxy) is 2. The summed E-state index contributed by atoms with van der Waals surface area (Å²) >= 11 is 0. The molecule has 1 aromatic carbocycles. The van der Waals surface area contributed by atoms with Crippen LogP contribution >= 0.6 is 0 Å². The van der Waals surface area contributed by atoms with Gasteiger partial charge in [0.25, 0.3) is 0 Å². The van der Waals surface area contributed by atoms with Crippen LogP contribution in [0, 0.1) is 0 Å². The molecule has 1 aliphatic heterocycles. The van der Waals surface area contributed by atoms with E-state index >= 15 is 0 Å². The molecule has 2 heterocycles. The molecule has 7 nitrogen and oxygen atoms in total. The van der Waals surface area contributed by atoms with Gasteiger partial charge in [-0.25, -0.2) is 4.98 Å². The van der Waals surface area contributed by atoms with Crippen molar-refractivity contribution in [2.45, 2.75) is 18.9 Å². The molecule has 1 atom stereocenters. The van der Waals surface area contributed by atoms with Crippen LogP contribution in [0.25, 0.3) is 0 Å². The van der Waals surface area contributed by atoms with E-state index in [1.165, 1.54) is 0 Å². The summed E-state index contributed by atoms with van der Waals surface area (Å²) in [7, 11) is 1.77. The van der Waals surface area contributed by atoms with Crippen LogP contribution in [0.1, 0.15) is 29.0 Å². The highest BCUT2D eigenvalue weighted by Gasteiger charge is 2.16. The SMILES string of the molecule is Cn1ccnc1C(=O)c1ccc(NC(=O)COCC2CCCO2)cc1. The third-order valence-electron chi connectivity index (χ3n) is 4.02. The molecule has 1 aromatic heterocycles. The molecule has 132 valence electrons. The zero-order valence-corrected chi connectivity index (χ0v) is 14.1. The van der Waals surface area contributed by atoms with Crippen LogP contribution in [0.5, 0.6) is 0 Å². The van der Waals surface area contributed by atoms with Gasteiger partial charge in [-0.3, -0.25) is 9.59 Å². The van der Waals surface area contributed by atoms with Gasteiger partial charge in [0.2, 0.25) is 11.7 Å². The van der Waals surface area contributed by atoms with Gasteiger partial charge in [0.1, 0.15) is 6.61 Å². The van der Waals surface area contributed by atoms with E-state index < -0.39 is 0 Å². The Labute approximate surface area is 146 Å². The van der Waals surface area contributed by atoms with Crippen molar-refractivity contribution in [1.29, 1.82) is 0 Å². The van der Waals surface area contributed by atoms with Crippen LogP contribution in [-0.4, -0.2) is 47.2 Å². The molecule has 0 aliphatic carbocycles. The Balaban J connectivity index is 1.49. The smallest absolute Gasteiger partial charge is 0.250 e. The van der Waals surface area contributed by atoms with Crippen molar-refractivity contribution in [3.63, 3.8) is 0 Å². The predicted molar refractivity (Wildman–Crippen MR) is 91.5 cm³/mol. The van der Waals surface area contributed by atoms with Crippen molar-refractivity contribution in [3.8, 4) is 0 Å². The van der Waals surface area contributed by atoms with Crippen molar-refractivity contribution < 1.29 is 19.1 Å². The lowest BCUT2D eigenvalue weighted by molar-refractivity contribution is -0.121. The molecule has 0 spiro atoms. The Hall–Kier alpha value is -2.51. The Bertz CT molecular complexity index is 733. The first-order valence-corrected chi connectivity index (χ1v) is 8.25. The highest BCUT2D eigenvalue weighted by Crippen LogP contribution is 2.14. The van der Waals surface area contributed by atoms with Gasteiger partial charge < -0.3 is 19.4 Å². The fourth-order valence-corrected chi connectivity index (χ4v) is 2.67. The number of anilines is 1. The Morgan fingerprint density at radius 1 is 1.36 bits per heavy atom. The Morgan fingerprint density at radius 3 is 2.80 bits per heavy atom. The third-order valence-corrected chi connectivity index (χ3v) is 4.02. The number of carbonyl (C=O) groups is 2. The number of aromatic nitrogens is 2. The van der Waals surface area contributed by atoms with Crippen LogP contribution in [-0.2, 0) is 21.3 Å². The van der Waals surface area contributed by atoms with E-state index in [0.717, 1.165) is 19.4 Å². The molecule has 1 fully saturated rings. The minimum atomic E-state index is -0.235. The van der Waals surface area contributed by atoms with E-state index in [9.17, 15) is 9.59 Å². The molecule has 7 heteroatoms. The van der Waals surface area contributed by atoms with Gasteiger partial charge >= 0.3 is 0 Å². The number of carbonyl (C=O) groups excluding carboxylic acids is 2. The van der Waals surface area contributed by atoms with Gasteiger partial charge in [-0.1, -0.05) is 0 Å². The molecule has 3 rings (SSSR count). The number of ketones is 1. The maximum absolute atomic E-state index is 12.3. The van der Waals surface area contributed by atoms with Crippen LogP contribution in [0.3, 0.4) is 0 Å². The first-order valence-electron chi connectivity index (χ1n) is 8.25. The lowest BCUT2D eigenvalue weighted by Crippen LogP contribution is -2.22. The molecular formula is C18H21N3O4. The predicted octanol–water partition coefficient (Wildman–Crippen LogP) is 1.79. The summed E-state index contributed by atoms with van der Waals surface area (Å²) in [6, 6.07) is 6.71. The minimum absolute atomic E-state index is 0.0200. The Morgan fingerprint density at radius 2 is 2.16 bits per heavy atom. The highest BCUT2D eigenvalue weighted by molar-refractivity contribution is 6.07. The fraction of sp³-hybridized carbons (Fsp3) is 0.389. The number of hydrogen-bond donors (Lipinski definition) is 1. The molecule has 0 bridgehead atoms. The number of amides is 1. The van der Waals surface area contributed by atoms with E-state index in [1.54, 1.807) is 48.3 Å². The highest BCUT2D eigenvalue weighted by atomic mass is 16.5. The quantitative estimate of drug-likeness (QED) is 0.775. The number of nitrogens with zero attached hydrogens (tertiary/aromatic N) is 2. The monoisotopic (exact) mass is 343 g/mol. The fourth-order valence-electron chi connectivity index (χ4n) is 2.67. The summed E-state index contributed by atoms with van der Waals surface area (Å²) in [5.41, 5.74) is 1.13. The molecule has 2 aromatic rings. The lowest BCUT2D eigenvalue weighted by atomic mass is 10.1.